The number of benzene rings is 1. The van der Waals surface area contributed by atoms with Gasteiger partial charge in [0.25, 0.3) is 0 Å². The molecular weight excluding hydrogens is 328 g/mol. The van der Waals surface area contributed by atoms with Crippen molar-refractivity contribution in [2.24, 2.45) is 11.8 Å². The van der Waals surface area contributed by atoms with Gasteiger partial charge in [-0.2, -0.15) is 0 Å². The summed E-state index contributed by atoms with van der Waals surface area (Å²) in [5.41, 5.74) is 3.93. The van der Waals surface area contributed by atoms with Crippen molar-refractivity contribution < 1.29 is 14.6 Å². The Bertz CT molecular complexity index is 717. The van der Waals surface area contributed by atoms with Gasteiger partial charge in [0.2, 0.25) is 0 Å². The van der Waals surface area contributed by atoms with Crippen LogP contribution in [0.5, 0.6) is 0 Å². The fraction of sp³-hybridized carbons (Fsp3) is 0.571. The summed E-state index contributed by atoms with van der Waals surface area (Å²) in [5, 5.41) is 13.6. The molecule has 3 aliphatic heterocycles. The van der Waals surface area contributed by atoms with Crippen LogP contribution >= 0.6 is 0 Å². The smallest absolute Gasteiger partial charge is 0.311 e. The molecule has 0 unspecified atom stereocenters. The van der Waals surface area contributed by atoms with E-state index in [9.17, 15) is 9.90 Å². The molecule has 2 saturated heterocycles. The molecule has 0 radical (unpaired) electrons. The van der Waals surface area contributed by atoms with Gasteiger partial charge in [0.15, 0.2) is 0 Å². The lowest BCUT2D eigenvalue weighted by molar-refractivity contribution is -0.149. The van der Waals surface area contributed by atoms with E-state index in [4.69, 9.17) is 4.74 Å². The molecule has 26 heavy (non-hydrogen) atoms. The summed E-state index contributed by atoms with van der Waals surface area (Å²) < 4.78 is 4.97. The number of anilines is 1. The third-order valence-corrected chi connectivity index (χ3v) is 6.64. The number of ether oxygens (including phenoxy) is 1. The van der Waals surface area contributed by atoms with Crippen molar-refractivity contribution in [3.63, 3.8) is 0 Å². The molecule has 0 spiro atoms. The topological polar surface area (TPSA) is 61.8 Å². The van der Waals surface area contributed by atoms with Crippen LogP contribution in [0.25, 0.3) is 0 Å². The van der Waals surface area contributed by atoms with E-state index in [0.717, 1.165) is 25.9 Å². The lowest BCUT2D eigenvalue weighted by Crippen LogP contribution is -2.57. The predicted molar refractivity (Wildman–Crippen MR) is 101 cm³/mol. The van der Waals surface area contributed by atoms with Crippen LogP contribution in [0.3, 0.4) is 0 Å². The molecule has 5 heteroatoms. The number of fused-ring (bicyclic) bond motifs is 5. The maximum Gasteiger partial charge on any atom is 0.311 e. The van der Waals surface area contributed by atoms with Gasteiger partial charge in [-0.1, -0.05) is 29.8 Å². The van der Waals surface area contributed by atoms with Gasteiger partial charge in [-0.15, -0.1) is 0 Å². The average molecular weight is 356 g/mol. The van der Waals surface area contributed by atoms with Crippen LogP contribution in [0.1, 0.15) is 31.2 Å². The lowest BCUT2D eigenvalue weighted by Gasteiger charge is -2.49. The third kappa shape index (κ3) is 2.74. The number of allylic oxidation sites excluding steroid dienone is 1. The molecule has 0 bridgehead atoms. The number of piperidine rings is 2. The first-order valence-corrected chi connectivity index (χ1v) is 9.61. The molecule has 1 aromatic carbocycles. The zero-order valence-corrected chi connectivity index (χ0v) is 15.5. The van der Waals surface area contributed by atoms with E-state index >= 15 is 0 Å². The normalized spacial score (nSPS) is 33.0. The maximum atomic E-state index is 12.2. The number of aliphatic hydroxyl groups is 1. The minimum Gasteiger partial charge on any atom is -0.469 e. The van der Waals surface area contributed by atoms with Gasteiger partial charge in [0, 0.05) is 30.2 Å². The van der Waals surface area contributed by atoms with Crippen LogP contribution in [0.15, 0.2) is 35.9 Å². The van der Waals surface area contributed by atoms with Crippen molar-refractivity contribution >= 4 is 11.7 Å². The highest BCUT2D eigenvalue weighted by Gasteiger charge is 2.48. The van der Waals surface area contributed by atoms with E-state index in [-0.39, 0.29) is 18.5 Å². The fourth-order valence-electron chi connectivity index (χ4n) is 5.32. The highest BCUT2D eigenvalue weighted by molar-refractivity contribution is 5.73. The standard InChI is InChI=1S/C21H28N2O3/c1-3-13-11-23-9-8-15-14-6-4-5-7-18(14)22-20(15)19(23)10-16(13)17(12-24)21(25)26-2/h3-7,15-17,19-20,22,24H,8-12H2,1-2H3/t15-,16+,17-,19+,20+/m1/s1. The number of nitrogens with zero attached hydrogens (tertiary/aromatic N) is 1. The van der Waals surface area contributed by atoms with E-state index in [1.807, 2.05) is 6.92 Å². The fourth-order valence-corrected chi connectivity index (χ4v) is 5.32. The molecule has 0 saturated carbocycles. The molecule has 5 nitrogen and oxygen atoms in total. The van der Waals surface area contributed by atoms with Gasteiger partial charge in [-0.25, -0.2) is 0 Å². The number of carbonyl (C=O) groups is 1. The number of hydrogen-bond acceptors (Lipinski definition) is 5. The summed E-state index contributed by atoms with van der Waals surface area (Å²) >= 11 is 0. The quantitative estimate of drug-likeness (QED) is 0.643. The van der Waals surface area contributed by atoms with Gasteiger partial charge in [-0.05, 0) is 43.9 Å². The molecule has 0 amide bonds. The van der Waals surface area contributed by atoms with Crippen molar-refractivity contribution in [1.29, 1.82) is 0 Å². The summed E-state index contributed by atoms with van der Waals surface area (Å²) in [4.78, 5) is 14.8. The zero-order chi connectivity index (χ0) is 18.3. The first-order chi connectivity index (χ1) is 12.7. The van der Waals surface area contributed by atoms with E-state index in [0.29, 0.717) is 18.0 Å². The second kappa shape index (κ2) is 7.05. The van der Waals surface area contributed by atoms with E-state index in [2.05, 4.69) is 40.6 Å². The van der Waals surface area contributed by atoms with Crippen molar-refractivity contribution in [2.45, 2.75) is 37.8 Å². The van der Waals surface area contributed by atoms with Crippen molar-refractivity contribution in [3.8, 4) is 0 Å². The Morgan fingerprint density at radius 2 is 2.27 bits per heavy atom. The predicted octanol–water partition coefficient (Wildman–Crippen LogP) is 2.39. The van der Waals surface area contributed by atoms with Crippen LogP contribution in [-0.2, 0) is 9.53 Å². The van der Waals surface area contributed by atoms with Crippen LogP contribution < -0.4 is 5.32 Å². The number of rotatable bonds is 3. The molecule has 4 rings (SSSR count). The number of esters is 1. The highest BCUT2D eigenvalue weighted by Crippen LogP contribution is 2.47. The van der Waals surface area contributed by atoms with Crippen LogP contribution in [0, 0.1) is 11.8 Å². The second-order valence-electron chi connectivity index (χ2n) is 7.71. The molecule has 3 aliphatic rings. The first-order valence-electron chi connectivity index (χ1n) is 9.61. The van der Waals surface area contributed by atoms with Crippen LogP contribution in [0.4, 0.5) is 5.69 Å². The van der Waals surface area contributed by atoms with E-state index in [1.54, 1.807) is 0 Å². The first kappa shape index (κ1) is 17.6. The Kier molecular flexibility index (Phi) is 4.76. The summed E-state index contributed by atoms with van der Waals surface area (Å²) in [6, 6.07) is 9.36. The minimum absolute atomic E-state index is 0.0444. The lowest BCUT2D eigenvalue weighted by atomic mass is 9.72. The van der Waals surface area contributed by atoms with Crippen molar-refractivity contribution in [3.05, 3.63) is 41.5 Å². The molecular formula is C21H28N2O3. The summed E-state index contributed by atoms with van der Waals surface area (Å²) in [7, 11) is 1.40. The third-order valence-electron chi connectivity index (χ3n) is 6.64. The van der Waals surface area contributed by atoms with Gasteiger partial charge < -0.3 is 15.2 Å². The number of nitrogens with one attached hydrogen (secondary N) is 1. The summed E-state index contributed by atoms with van der Waals surface area (Å²) in [6.07, 6.45) is 4.16. The SMILES string of the molecule is CC=C1CN2CC[C@@H]3c4ccccc4N[C@@H]3[C@@H]2C[C@@H]1[C@@H](CO)C(=O)OC. The molecule has 1 aromatic rings. The molecule has 5 atom stereocenters. The van der Waals surface area contributed by atoms with Crippen molar-refractivity contribution in [1.82, 2.24) is 4.90 Å². The Labute approximate surface area is 155 Å². The van der Waals surface area contributed by atoms with Gasteiger partial charge >= 0.3 is 5.97 Å². The monoisotopic (exact) mass is 356 g/mol. The second-order valence-corrected chi connectivity index (χ2v) is 7.71. The zero-order valence-electron chi connectivity index (χ0n) is 15.5. The highest BCUT2D eigenvalue weighted by atomic mass is 16.5. The largest absolute Gasteiger partial charge is 0.469 e. The Hall–Kier alpha value is -1.85. The van der Waals surface area contributed by atoms with Gasteiger partial charge in [-0.3, -0.25) is 9.69 Å². The molecule has 2 fully saturated rings. The van der Waals surface area contributed by atoms with Crippen LogP contribution in [-0.4, -0.2) is 54.9 Å². The molecule has 140 valence electrons. The van der Waals surface area contributed by atoms with E-state index < -0.39 is 5.92 Å². The maximum absolute atomic E-state index is 12.2. The number of hydrogen-bond donors (Lipinski definition) is 2. The Morgan fingerprint density at radius 3 is 3.00 bits per heavy atom. The van der Waals surface area contributed by atoms with Crippen molar-refractivity contribution in [2.75, 3.05) is 32.1 Å². The van der Waals surface area contributed by atoms with Gasteiger partial charge in [0.1, 0.15) is 0 Å². The van der Waals surface area contributed by atoms with Gasteiger partial charge in [0.05, 0.1) is 19.6 Å². The summed E-state index contributed by atoms with van der Waals surface area (Å²) in [5.74, 6) is -0.202. The number of para-hydroxylation sites is 1. The molecule has 3 heterocycles. The molecule has 0 aliphatic carbocycles. The molecule has 2 N–H and O–H groups in total. The Balaban J connectivity index is 1.62. The Morgan fingerprint density at radius 1 is 1.46 bits per heavy atom. The van der Waals surface area contributed by atoms with E-state index in [1.165, 1.54) is 23.9 Å². The minimum atomic E-state index is -0.475. The number of aliphatic hydroxyl groups excluding tert-OH is 1. The van der Waals surface area contributed by atoms with Crippen LogP contribution in [0.2, 0.25) is 0 Å². The summed E-state index contributed by atoms with van der Waals surface area (Å²) in [6.45, 7) is 3.82. The number of methoxy groups -OCH3 is 1. The molecule has 0 aromatic heterocycles. The average Bonchev–Trinajstić information content (AvgIpc) is 3.07. The number of carbonyl (C=O) groups excluding carboxylic acids is 1.